The van der Waals surface area contributed by atoms with Crippen molar-refractivity contribution in [2.75, 3.05) is 11.9 Å². The minimum absolute atomic E-state index is 0.286. The van der Waals surface area contributed by atoms with Crippen molar-refractivity contribution in [2.24, 2.45) is 0 Å². The number of anilines is 1. The molecule has 5 nitrogen and oxygen atoms in total. The van der Waals surface area contributed by atoms with E-state index in [4.69, 9.17) is 5.11 Å². The van der Waals surface area contributed by atoms with Crippen LogP contribution in [0.15, 0.2) is 35.4 Å². The van der Waals surface area contributed by atoms with Gasteiger partial charge in [-0.1, -0.05) is 18.2 Å². The minimum Gasteiger partial charge on any atom is -0.514 e. The Morgan fingerprint density at radius 1 is 1.35 bits per heavy atom. The normalized spacial score (nSPS) is 21.1. The highest BCUT2D eigenvalue weighted by Crippen LogP contribution is 2.29. The van der Waals surface area contributed by atoms with Gasteiger partial charge >= 0.3 is 0 Å². The van der Waals surface area contributed by atoms with Crippen LogP contribution < -0.4 is 4.90 Å². The SMILES string of the molecule is CN1C(=O)/C(=C\O)S(=O)(=O)Cc2ccccc21. The van der Waals surface area contributed by atoms with Crippen LogP contribution in [0.1, 0.15) is 5.56 Å². The van der Waals surface area contributed by atoms with Gasteiger partial charge in [0.15, 0.2) is 14.7 Å². The Bertz CT molecular complexity index is 604. The lowest BCUT2D eigenvalue weighted by Crippen LogP contribution is -2.28. The van der Waals surface area contributed by atoms with Crippen LogP contribution in [0.5, 0.6) is 0 Å². The van der Waals surface area contributed by atoms with Crippen LogP contribution in [-0.2, 0) is 20.4 Å². The van der Waals surface area contributed by atoms with Crippen LogP contribution in [0.2, 0.25) is 0 Å². The Hall–Kier alpha value is -1.82. The summed E-state index contributed by atoms with van der Waals surface area (Å²) in [6.07, 6.45) is 0.361. The van der Waals surface area contributed by atoms with Crippen LogP contribution in [0, 0.1) is 0 Å². The van der Waals surface area contributed by atoms with Gasteiger partial charge < -0.3 is 10.0 Å². The molecule has 1 aliphatic rings. The molecule has 0 saturated carbocycles. The van der Waals surface area contributed by atoms with E-state index in [1.807, 2.05) is 0 Å². The van der Waals surface area contributed by atoms with E-state index in [-0.39, 0.29) is 5.75 Å². The summed E-state index contributed by atoms with van der Waals surface area (Å²) in [6, 6.07) is 6.75. The summed E-state index contributed by atoms with van der Waals surface area (Å²) >= 11 is 0. The summed E-state index contributed by atoms with van der Waals surface area (Å²) in [7, 11) is -2.31. The molecule has 1 N–H and O–H groups in total. The number of aliphatic hydroxyl groups is 1. The monoisotopic (exact) mass is 253 g/mol. The third-order valence-corrected chi connectivity index (χ3v) is 4.31. The lowest BCUT2D eigenvalue weighted by molar-refractivity contribution is -0.114. The standard InChI is InChI=1S/C11H11NO4S/c1-12-9-5-3-2-4-8(9)7-17(15,16)10(6-13)11(12)14/h2-6,13H,7H2,1H3/b10-6+. The Labute approximate surface area is 98.9 Å². The van der Waals surface area contributed by atoms with E-state index in [1.165, 1.54) is 11.9 Å². The maximum atomic E-state index is 11.9. The van der Waals surface area contributed by atoms with Crippen LogP contribution in [0.25, 0.3) is 0 Å². The van der Waals surface area contributed by atoms with E-state index in [0.717, 1.165) is 0 Å². The predicted octanol–water partition coefficient (Wildman–Crippen LogP) is 0.977. The summed E-state index contributed by atoms with van der Waals surface area (Å²) in [4.78, 5) is 12.5. The maximum Gasteiger partial charge on any atom is 0.272 e. The summed E-state index contributed by atoms with van der Waals surface area (Å²) in [5.41, 5.74) is 1.08. The lowest BCUT2D eigenvalue weighted by atomic mass is 10.2. The van der Waals surface area contributed by atoms with Gasteiger partial charge in [-0.2, -0.15) is 0 Å². The zero-order chi connectivity index (χ0) is 12.6. The molecule has 0 atom stereocenters. The van der Waals surface area contributed by atoms with Crippen LogP contribution >= 0.6 is 0 Å². The third kappa shape index (κ3) is 1.80. The highest BCUT2D eigenvalue weighted by atomic mass is 32.2. The van der Waals surface area contributed by atoms with Gasteiger partial charge in [0, 0.05) is 12.7 Å². The number of amides is 1. The average molecular weight is 253 g/mol. The molecule has 1 amide bonds. The molecule has 1 aliphatic heterocycles. The van der Waals surface area contributed by atoms with Crippen LogP contribution in [0.4, 0.5) is 5.69 Å². The van der Waals surface area contributed by atoms with Gasteiger partial charge in [0.2, 0.25) is 0 Å². The topological polar surface area (TPSA) is 74.7 Å². The Kier molecular flexibility index (Phi) is 2.66. The number of benzene rings is 1. The number of fused-ring (bicyclic) bond motifs is 1. The molecule has 0 radical (unpaired) electrons. The molecule has 17 heavy (non-hydrogen) atoms. The van der Waals surface area contributed by atoms with Gasteiger partial charge in [0.25, 0.3) is 5.91 Å². The summed E-state index contributed by atoms with van der Waals surface area (Å²) in [5.74, 6) is -1.01. The first kappa shape index (κ1) is 11.7. The summed E-state index contributed by atoms with van der Waals surface area (Å²) in [5, 5.41) is 8.93. The minimum atomic E-state index is -3.79. The van der Waals surface area contributed by atoms with Gasteiger partial charge in [0.1, 0.15) is 6.26 Å². The molecule has 0 spiro atoms. The first-order valence-electron chi connectivity index (χ1n) is 4.90. The van der Waals surface area contributed by atoms with Crippen molar-refractivity contribution in [3.63, 3.8) is 0 Å². The molecule has 0 unspecified atom stereocenters. The highest BCUT2D eigenvalue weighted by molar-refractivity contribution is 7.95. The zero-order valence-corrected chi connectivity index (χ0v) is 9.94. The molecule has 90 valence electrons. The zero-order valence-electron chi connectivity index (χ0n) is 9.12. The number of likely N-dealkylation sites (N-methyl/N-ethyl adjacent to an activating group) is 1. The first-order chi connectivity index (χ1) is 7.97. The fourth-order valence-corrected chi connectivity index (χ4v) is 3.16. The molecular weight excluding hydrogens is 242 g/mol. The second-order valence-corrected chi connectivity index (χ2v) is 5.70. The van der Waals surface area contributed by atoms with Gasteiger partial charge in [-0.15, -0.1) is 0 Å². The van der Waals surface area contributed by atoms with Crippen molar-refractivity contribution in [3.8, 4) is 0 Å². The van der Waals surface area contributed by atoms with Gasteiger partial charge in [-0.3, -0.25) is 4.79 Å². The second-order valence-electron chi connectivity index (χ2n) is 3.75. The van der Waals surface area contributed by atoms with Crippen molar-refractivity contribution in [1.82, 2.24) is 0 Å². The van der Waals surface area contributed by atoms with E-state index in [1.54, 1.807) is 24.3 Å². The third-order valence-electron chi connectivity index (χ3n) is 2.67. The Balaban J connectivity index is 2.70. The van der Waals surface area contributed by atoms with E-state index < -0.39 is 20.6 Å². The quantitative estimate of drug-likeness (QED) is 0.552. The largest absolute Gasteiger partial charge is 0.514 e. The van der Waals surface area contributed by atoms with E-state index >= 15 is 0 Å². The maximum absolute atomic E-state index is 11.9. The Morgan fingerprint density at radius 3 is 2.65 bits per heavy atom. The molecule has 0 fully saturated rings. The molecule has 6 heteroatoms. The molecule has 1 heterocycles. The van der Waals surface area contributed by atoms with Gasteiger partial charge in [0.05, 0.1) is 5.75 Å². The number of carbonyl (C=O) groups is 1. The van der Waals surface area contributed by atoms with E-state index in [0.29, 0.717) is 17.5 Å². The number of hydrogen-bond acceptors (Lipinski definition) is 4. The lowest BCUT2D eigenvalue weighted by Gasteiger charge is -2.16. The van der Waals surface area contributed by atoms with E-state index in [2.05, 4.69) is 0 Å². The van der Waals surface area contributed by atoms with Gasteiger partial charge in [-0.25, -0.2) is 8.42 Å². The second kappa shape index (κ2) is 3.89. The van der Waals surface area contributed by atoms with Crippen molar-refractivity contribution in [2.45, 2.75) is 5.75 Å². The summed E-state index contributed by atoms with van der Waals surface area (Å²) in [6.45, 7) is 0. The molecule has 0 saturated heterocycles. The van der Waals surface area contributed by atoms with Crippen molar-refractivity contribution in [1.29, 1.82) is 0 Å². The predicted molar refractivity (Wildman–Crippen MR) is 63.2 cm³/mol. The van der Waals surface area contributed by atoms with E-state index in [9.17, 15) is 13.2 Å². The molecule has 0 aliphatic carbocycles. The molecule has 2 rings (SSSR count). The number of rotatable bonds is 0. The average Bonchev–Trinajstić information content (AvgIpc) is 2.34. The van der Waals surface area contributed by atoms with Crippen LogP contribution in [0.3, 0.4) is 0 Å². The Morgan fingerprint density at radius 2 is 2.00 bits per heavy atom. The van der Waals surface area contributed by atoms with Crippen molar-refractivity contribution >= 4 is 21.4 Å². The first-order valence-corrected chi connectivity index (χ1v) is 6.55. The van der Waals surface area contributed by atoms with Crippen molar-refractivity contribution < 1.29 is 18.3 Å². The molecule has 0 aromatic heterocycles. The number of para-hydroxylation sites is 1. The number of aliphatic hydroxyl groups excluding tert-OH is 1. The smallest absolute Gasteiger partial charge is 0.272 e. The molecular formula is C11H11NO4S. The number of hydrogen-bond donors (Lipinski definition) is 1. The van der Waals surface area contributed by atoms with Crippen molar-refractivity contribution in [3.05, 3.63) is 41.0 Å². The fourth-order valence-electron chi connectivity index (χ4n) is 1.79. The number of carbonyl (C=O) groups excluding carboxylic acids is 1. The van der Waals surface area contributed by atoms with Crippen LogP contribution in [-0.4, -0.2) is 26.5 Å². The number of sulfone groups is 1. The van der Waals surface area contributed by atoms with Gasteiger partial charge in [-0.05, 0) is 11.6 Å². The molecule has 0 bridgehead atoms. The molecule has 1 aromatic rings. The summed E-state index contributed by atoms with van der Waals surface area (Å²) < 4.78 is 23.8. The molecule has 1 aromatic carbocycles. The fraction of sp³-hybridized carbons (Fsp3) is 0.182. The number of nitrogens with zero attached hydrogens (tertiary/aromatic N) is 1. The highest BCUT2D eigenvalue weighted by Gasteiger charge is 2.33.